The van der Waals surface area contributed by atoms with Gasteiger partial charge in [0.1, 0.15) is 5.75 Å². The maximum atomic E-state index is 12.9. The Morgan fingerprint density at radius 3 is 2.48 bits per heavy atom. The van der Waals surface area contributed by atoms with Gasteiger partial charge in [-0.15, -0.1) is 0 Å². The number of para-hydroxylation sites is 1. The molecule has 1 fully saturated rings. The van der Waals surface area contributed by atoms with Crippen LogP contribution in [0.4, 0.5) is 0 Å². The first-order chi connectivity index (χ1) is 10.1. The van der Waals surface area contributed by atoms with Crippen molar-refractivity contribution in [2.75, 3.05) is 7.11 Å². The number of nitrogens with zero attached hydrogens (tertiary/aromatic N) is 1. The van der Waals surface area contributed by atoms with Crippen LogP contribution < -0.4 is 10.5 Å². The summed E-state index contributed by atoms with van der Waals surface area (Å²) in [4.78, 5) is 14.8. The summed E-state index contributed by atoms with van der Waals surface area (Å²) in [5.41, 5.74) is 6.60. The number of hydrogen-bond donors (Lipinski definition) is 1. The molecule has 0 spiro atoms. The lowest BCUT2D eigenvalue weighted by Crippen LogP contribution is -2.55. The number of carbonyl (C=O) groups excluding carboxylic acids is 1. The highest BCUT2D eigenvalue weighted by Crippen LogP contribution is 2.32. The summed E-state index contributed by atoms with van der Waals surface area (Å²) in [5, 5.41) is 0. The van der Waals surface area contributed by atoms with E-state index < -0.39 is 5.54 Å². The minimum Gasteiger partial charge on any atom is -0.496 e. The molecule has 1 amide bonds. The van der Waals surface area contributed by atoms with Crippen LogP contribution in [-0.4, -0.2) is 29.5 Å². The number of hydrogen-bond acceptors (Lipinski definition) is 3. The average Bonchev–Trinajstić information content (AvgIpc) is 3.36. The van der Waals surface area contributed by atoms with Crippen LogP contribution in [0.5, 0.6) is 5.75 Å². The van der Waals surface area contributed by atoms with Gasteiger partial charge in [-0.1, -0.05) is 32.0 Å². The molecule has 21 heavy (non-hydrogen) atoms. The van der Waals surface area contributed by atoms with Crippen molar-refractivity contribution in [2.45, 2.75) is 57.7 Å². The SMILES string of the molecule is CCC(N)(CC)C(=O)N(Cc1ccccc1OC)C1CC1. The topological polar surface area (TPSA) is 55.6 Å². The van der Waals surface area contributed by atoms with Crippen LogP contribution in [0.15, 0.2) is 24.3 Å². The van der Waals surface area contributed by atoms with Crippen LogP contribution >= 0.6 is 0 Å². The van der Waals surface area contributed by atoms with Crippen LogP contribution in [0.1, 0.15) is 45.1 Å². The van der Waals surface area contributed by atoms with Crippen molar-refractivity contribution in [3.63, 3.8) is 0 Å². The highest BCUT2D eigenvalue weighted by atomic mass is 16.5. The molecule has 0 heterocycles. The Morgan fingerprint density at radius 2 is 1.95 bits per heavy atom. The molecule has 1 aromatic carbocycles. The Hall–Kier alpha value is -1.55. The fourth-order valence-corrected chi connectivity index (χ4v) is 2.61. The third-order valence-corrected chi connectivity index (χ3v) is 4.47. The summed E-state index contributed by atoms with van der Waals surface area (Å²) in [5.74, 6) is 0.896. The van der Waals surface area contributed by atoms with E-state index in [1.807, 2.05) is 43.0 Å². The van der Waals surface area contributed by atoms with Gasteiger partial charge in [-0.2, -0.15) is 0 Å². The maximum Gasteiger partial charge on any atom is 0.243 e. The third kappa shape index (κ3) is 3.38. The summed E-state index contributed by atoms with van der Waals surface area (Å²) in [6.45, 7) is 4.54. The predicted molar refractivity (Wildman–Crippen MR) is 84.1 cm³/mol. The molecule has 116 valence electrons. The molecule has 1 saturated carbocycles. The van der Waals surface area contributed by atoms with Gasteiger partial charge in [0.25, 0.3) is 0 Å². The summed E-state index contributed by atoms with van der Waals surface area (Å²) in [7, 11) is 1.66. The number of rotatable bonds is 7. The smallest absolute Gasteiger partial charge is 0.243 e. The first-order valence-corrected chi connectivity index (χ1v) is 7.77. The van der Waals surface area contributed by atoms with Gasteiger partial charge in [-0.05, 0) is 31.7 Å². The minimum atomic E-state index is -0.745. The molecule has 0 aliphatic heterocycles. The molecule has 0 saturated heterocycles. The quantitative estimate of drug-likeness (QED) is 0.840. The van der Waals surface area contributed by atoms with Crippen LogP contribution in [0.2, 0.25) is 0 Å². The second kappa shape index (κ2) is 6.48. The molecule has 2 N–H and O–H groups in total. The highest BCUT2D eigenvalue weighted by molar-refractivity contribution is 5.86. The van der Waals surface area contributed by atoms with Gasteiger partial charge in [0, 0.05) is 18.2 Å². The second-order valence-electron chi connectivity index (χ2n) is 5.84. The third-order valence-electron chi connectivity index (χ3n) is 4.47. The number of ether oxygens (including phenoxy) is 1. The van der Waals surface area contributed by atoms with E-state index in [2.05, 4.69) is 0 Å². The molecule has 4 nitrogen and oxygen atoms in total. The Morgan fingerprint density at radius 1 is 1.33 bits per heavy atom. The molecular formula is C17H26N2O2. The molecular weight excluding hydrogens is 264 g/mol. The van der Waals surface area contributed by atoms with Crippen LogP contribution in [0, 0.1) is 0 Å². The van der Waals surface area contributed by atoms with Crippen molar-refractivity contribution in [3.8, 4) is 5.75 Å². The molecule has 1 aromatic rings. The molecule has 1 aliphatic carbocycles. The monoisotopic (exact) mass is 290 g/mol. The van der Waals surface area contributed by atoms with Gasteiger partial charge in [0.2, 0.25) is 5.91 Å². The van der Waals surface area contributed by atoms with E-state index in [-0.39, 0.29) is 5.91 Å². The van der Waals surface area contributed by atoms with Crippen molar-refractivity contribution < 1.29 is 9.53 Å². The lowest BCUT2D eigenvalue weighted by Gasteiger charge is -2.33. The molecule has 0 bridgehead atoms. The predicted octanol–water partition coefficient (Wildman–Crippen LogP) is 2.70. The average molecular weight is 290 g/mol. The maximum absolute atomic E-state index is 12.9. The minimum absolute atomic E-state index is 0.0703. The normalized spacial score (nSPS) is 14.9. The summed E-state index contributed by atoms with van der Waals surface area (Å²) in [6.07, 6.45) is 3.48. The van der Waals surface area contributed by atoms with Gasteiger partial charge in [-0.25, -0.2) is 0 Å². The number of nitrogens with two attached hydrogens (primary N) is 1. The van der Waals surface area contributed by atoms with Gasteiger partial charge < -0.3 is 15.4 Å². The summed E-state index contributed by atoms with van der Waals surface area (Å²) < 4.78 is 5.40. The Balaban J connectivity index is 2.22. The van der Waals surface area contributed by atoms with E-state index in [4.69, 9.17) is 10.5 Å². The lowest BCUT2D eigenvalue weighted by molar-refractivity contribution is -0.138. The molecule has 0 radical (unpaired) electrons. The Labute approximate surface area is 127 Å². The fraction of sp³-hybridized carbons (Fsp3) is 0.588. The molecule has 2 rings (SSSR count). The van der Waals surface area contributed by atoms with Crippen molar-refractivity contribution in [1.82, 2.24) is 4.90 Å². The fourth-order valence-electron chi connectivity index (χ4n) is 2.61. The van der Waals surface area contributed by atoms with Gasteiger partial charge in [0.05, 0.1) is 12.6 Å². The van der Waals surface area contributed by atoms with Crippen molar-refractivity contribution in [1.29, 1.82) is 0 Å². The lowest BCUT2D eigenvalue weighted by atomic mass is 9.92. The first kappa shape index (κ1) is 15.8. The molecule has 1 aliphatic rings. The standard InChI is InChI=1S/C17H26N2O2/c1-4-17(18,5-2)16(20)19(14-10-11-14)12-13-8-6-7-9-15(13)21-3/h6-9,14H,4-5,10-12,18H2,1-3H3. The van der Waals surface area contributed by atoms with E-state index in [9.17, 15) is 4.79 Å². The molecule has 0 aromatic heterocycles. The Kier molecular flexibility index (Phi) is 4.88. The van der Waals surface area contributed by atoms with E-state index in [0.717, 1.165) is 24.2 Å². The van der Waals surface area contributed by atoms with Crippen molar-refractivity contribution in [2.24, 2.45) is 5.73 Å². The van der Waals surface area contributed by atoms with Crippen molar-refractivity contribution in [3.05, 3.63) is 29.8 Å². The highest BCUT2D eigenvalue weighted by Gasteiger charge is 2.40. The largest absolute Gasteiger partial charge is 0.496 e. The van der Waals surface area contributed by atoms with Gasteiger partial charge >= 0.3 is 0 Å². The molecule has 0 atom stereocenters. The van der Waals surface area contributed by atoms with E-state index in [0.29, 0.717) is 25.4 Å². The van der Waals surface area contributed by atoms with Gasteiger partial charge in [0.15, 0.2) is 0 Å². The summed E-state index contributed by atoms with van der Waals surface area (Å²) in [6, 6.07) is 8.20. The van der Waals surface area contributed by atoms with E-state index in [1.54, 1.807) is 7.11 Å². The molecule has 0 unspecified atom stereocenters. The number of amides is 1. The van der Waals surface area contributed by atoms with E-state index in [1.165, 1.54) is 0 Å². The second-order valence-corrected chi connectivity index (χ2v) is 5.84. The number of benzene rings is 1. The summed E-state index contributed by atoms with van der Waals surface area (Å²) >= 11 is 0. The van der Waals surface area contributed by atoms with Gasteiger partial charge in [-0.3, -0.25) is 4.79 Å². The zero-order valence-corrected chi connectivity index (χ0v) is 13.3. The van der Waals surface area contributed by atoms with E-state index >= 15 is 0 Å². The zero-order chi connectivity index (χ0) is 15.5. The van der Waals surface area contributed by atoms with Crippen LogP contribution in [0.25, 0.3) is 0 Å². The Bertz CT molecular complexity index is 493. The number of carbonyl (C=O) groups is 1. The van der Waals surface area contributed by atoms with Crippen LogP contribution in [-0.2, 0) is 11.3 Å². The first-order valence-electron chi connectivity index (χ1n) is 7.77. The van der Waals surface area contributed by atoms with Crippen molar-refractivity contribution >= 4 is 5.91 Å². The zero-order valence-electron chi connectivity index (χ0n) is 13.3. The number of methoxy groups -OCH3 is 1. The van der Waals surface area contributed by atoms with Crippen LogP contribution in [0.3, 0.4) is 0 Å². The molecule has 4 heteroatoms.